The van der Waals surface area contributed by atoms with Crippen molar-refractivity contribution in [2.45, 2.75) is 83.5 Å². The zero-order valence-electron chi connectivity index (χ0n) is 17.9. The Balaban J connectivity index is 0.00000109. The van der Waals surface area contributed by atoms with Crippen LogP contribution in [0.5, 0.6) is 0 Å². The molecule has 28 heavy (non-hydrogen) atoms. The van der Waals surface area contributed by atoms with Crippen LogP contribution in [0.4, 0.5) is 4.39 Å². The van der Waals surface area contributed by atoms with Crippen molar-refractivity contribution in [1.82, 2.24) is 10.2 Å². The Morgan fingerprint density at radius 1 is 1.14 bits per heavy atom. The molecular formula is C23H40FN3O. The summed E-state index contributed by atoms with van der Waals surface area (Å²) >= 11 is 0. The monoisotopic (exact) mass is 393 g/mol. The van der Waals surface area contributed by atoms with E-state index in [1.54, 1.807) is 0 Å². The Morgan fingerprint density at radius 3 is 2.57 bits per heavy atom. The summed E-state index contributed by atoms with van der Waals surface area (Å²) < 4.78 is 20.4. The second kappa shape index (κ2) is 10.9. The molecule has 2 heterocycles. The number of likely N-dealkylation sites (tertiary alicyclic amines) is 1. The Labute approximate surface area is 171 Å². The first-order valence-electron chi connectivity index (χ1n) is 11.8. The number of rotatable bonds is 4. The van der Waals surface area contributed by atoms with Gasteiger partial charge in [-0.3, -0.25) is 0 Å². The maximum atomic E-state index is 14.5. The molecule has 160 valence electrons. The highest BCUT2D eigenvalue weighted by molar-refractivity contribution is 4.99. The Morgan fingerprint density at radius 2 is 1.96 bits per heavy atom. The van der Waals surface area contributed by atoms with Crippen molar-refractivity contribution in [3.63, 3.8) is 0 Å². The zero-order valence-corrected chi connectivity index (χ0v) is 17.9. The van der Waals surface area contributed by atoms with Crippen LogP contribution in [0.25, 0.3) is 0 Å². The molecule has 6 unspecified atom stereocenters. The number of hydrogen-bond acceptors (Lipinski definition) is 4. The molecule has 4 aliphatic rings. The van der Waals surface area contributed by atoms with Crippen molar-refractivity contribution >= 4 is 0 Å². The van der Waals surface area contributed by atoms with E-state index in [9.17, 15) is 4.39 Å². The number of nitrogens with one attached hydrogen (secondary N) is 1. The second-order valence-corrected chi connectivity index (χ2v) is 9.06. The van der Waals surface area contributed by atoms with E-state index in [4.69, 9.17) is 10.00 Å². The summed E-state index contributed by atoms with van der Waals surface area (Å²) in [5.41, 5.74) is 0. The summed E-state index contributed by atoms with van der Waals surface area (Å²) in [5, 5.41) is 12.6. The third-order valence-corrected chi connectivity index (χ3v) is 7.52. The number of halogens is 1. The van der Waals surface area contributed by atoms with Gasteiger partial charge in [-0.25, -0.2) is 4.39 Å². The summed E-state index contributed by atoms with van der Waals surface area (Å²) in [5.74, 6) is 1.43. The van der Waals surface area contributed by atoms with Gasteiger partial charge in [-0.05, 0) is 82.2 Å². The minimum Gasteiger partial charge on any atom is -0.376 e. The lowest BCUT2D eigenvalue weighted by atomic mass is 9.65. The summed E-state index contributed by atoms with van der Waals surface area (Å²) in [7, 11) is 0. The molecule has 0 bridgehead atoms. The lowest BCUT2D eigenvalue weighted by Crippen LogP contribution is -2.53. The SMILES string of the molecule is CC.N#CC1CCC(C2CC(C[C@@H]3CNCCO3)CCC2N2CCC2)CC1F. The molecule has 0 radical (unpaired) electrons. The number of hydrogen-bond donors (Lipinski definition) is 1. The molecule has 0 aromatic carbocycles. The normalized spacial score (nSPS) is 41.9. The van der Waals surface area contributed by atoms with Crippen molar-refractivity contribution in [3.8, 4) is 6.07 Å². The van der Waals surface area contributed by atoms with Crippen LogP contribution < -0.4 is 5.32 Å². The van der Waals surface area contributed by atoms with Crippen LogP contribution in [-0.2, 0) is 4.74 Å². The molecule has 0 aromatic heterocycles. The van der Waals surface area contributed by atoms with Crippen molar-refractivity contribution in [1.29, 1.82) is 5.26 Å². The highest BCUT2D eigenvalue weighted by atomic mass is 19.1. The van der Waals surface area contributed by atoms with Gasteiger partial charge in [0.1, 0.15) is 6.17 Å². The van der Waals surface area contributed by atoms with Crippen LogP contribution >= 0.6 is 0 Å². The van der Waals surface area contributed by atoms with Crippen LogP contribution in [-0.4, -0.2) is 56.0 Å². The smallest absolute Gasteiger partial charge is 0.116 e. The maximum absolute atomic E-state index is 14.5. The molecule has 7 atom stereocenters. The topological polar surface area (TPSA) is 48.3 Å². The lowest BCUT2D eigenvalue weighted by Gasteiger charge is -2.50. The molecule has 4 rings (SSSR count). The summed E-state index contributed by atoms with van der Waals surface area (Å²) in [6.07, 6.45) is 8.13. The predicted octanol–water partition coefficient (Wildman–Crippen LogP) is 4.16. The van der Waals surface area contributed by atoms with E-state index in [0.717, 1.165) is 39.0 Å². The molecule has 5 heteroatoms. The van der Waals surface area contributed by atoms with Crippen LogP contribution in [0.3, 0.4) is 0 Å². The summed E-state index contributed by atoms with van der Waals surface area (Å²) in [4.78, 5) is 2.66. The van der Waals surface area contributed by atoms with Gasteiger partial charge in [0.05, 0.1) is 24.7 Å². The van der Waals surface area contributed by atoms with Gasteiger partial charge in [-0.2, -0.15) is 5.26 Å². The lowest BCUT2D eigenvalue weighted by molar-refractivity contribution is -0.0289. The van der Waals surface area contributed by atoms with Gasteiger partial charge < -0.3 is 15.0 Å². The quantitative estimate of drug-likeness (QED) is 0.779. The van der Waals surface area contributed by atoms with E-state index < -0.39 is 6.17 Å². The number of nitrogens with zero attached hydrogens (tertiary/aromatic N) is 2. The minimum atomic E-state index is -0.915. The molecule has 0 spiro atoms. The molecule has 0 aromatic rings. The Kier molecular flexibility index (Phi) is 8.56. The third-order valence-electron chi connectivity index (χ3n) is 7.52. The van der Waals surface area contributed by atoms with Gasteiger partial charge in [-0.1, -0.05) is 13.8 Å². The van der Waals surface area contributed by atoms with E-state index in [0.29, 0.717) is 36.3 Å². The van der Waals surface area contributed by atoms with Crippen LogP contribution in [0.15, 0.2) is 0 Å². The molecule has 2 aliphatic heterocycles. The Hall–Kier alpha value is -0.700. The fraction of sp³-hybridized carbons (Fsp3) is 0.957. The fourth-order valence-electron chi connectivity index (χ4n) is 5.95. The van der Waals surface area contributed by atoms with E-state index in [2.05, 4.69) is 16.3 Å². The highest BCUT2D eigenvalue weighted by Gasteiger charge is 2.43. The molecule has 4 nitrogen and oxygen atoms in total. The number of alkyl halides is 1. The molecule has 0 amide bonds. The van der Waals surface area contributed by atoms with Gasteiger partial charge in [0.15, 0.2) is 0 Å². The van der Waals surface area contributed by atoms with Crippen molar-refractivity contribution < 1.29 is 9.13 Å². The molecular weight excluding hydrogens is 353 g/mol. The highest BCUT2D eigenvalue weighted by Crippen LogP contribution is 2.46. The average molecular weight is 394 g/mol. The Bertz CT molecular complexity index is 501. The van der Waals surface area contributed by atoms with Crippen LogP contribution in [0, 0.1) is 35.0 Å². The standard InChI is InChI=1S/C21H34FN3O.C2H6/c22-20-12-16(3-4-17(20)13-23)19-11-15(10-18-14-24-6-9-26-18)2-5-21(19)25-7-1-8-25;1-2/h15-21,24H,1-12,14H2;1-2H3/t15?,16?,17?,18-,19?,20?,21?;/m1./s1. The van der Waals surface area contributed by atoms with Gasteiger partial charge in [0.25, 0.3) is 0 Å². The molecule has 4 fully saturated rings. The van der Waals surface area contributed by atoms with Gasteiger partial charge in [0.2, 0.25) is 0 Å². The maximum Gasteiger partial charge on any atom is 0.116 e. The first-order valence-corrected chi connectivity index (χ1v) is 11.8. The fourth-order valence-corrected chi connectivity index (χ4v) is 5.95. The summed E-state index contributed by atoms with van der Waals surface area (Å²) in [6, 6.07) is 2.84. The number of ether oxygens (including phenoxy) is 1. The first-order chi connectivity index (χ1) is 13.7. The average Bonchev–Trinajstić information content (AvgIpc) is 2.70. The van der Waals surface area contributed by atoms with Gasteiger partial charge in [-0.15, -0.1) is 0 Å². The molecule has 2 saturated carbocycles. The van der Waals surface area contributed by atoms with Crippen molar-refractivity contribution in [3.05, 3.63) is 0 Å². The predicted molar refractivity (Wildman–Crippen MR) is 111 cm³/mol. The number of nitriles is 1. The second-order valence-electron chi connectivity index (χ2n) is 9.06. The largest absolute Gasteiger partial charge is 0.376 e. The molecule has 2 aliphatic carbocycles. The van der Waals surface area contributed by atoms with Gasteiger partial charge >= 0.3 is 0 Å². The first kappa shape index (κ1) is 22.0. The van der Waals surface area contributed by atoms with E-state index in [-0.39, 0.29) is 5.92 Å². The van der Waals surface area contributed by atoms with Crippen molar-refractivity contribution in [2.24, 2.45) is 23.7 Å². The van der Waals surface area contributed by atoms with Crippen LogP contribution in [0.1, 0.15) is 65.2 Å². The molecule has 1 N–H and O–H groups in total. The van der Waals surface area contributed by atoms with E-state index >= 15 is 0 Å². The minimum absolute atomic E-state index is 0.359. The number of morpholine rings is 1. The van der Waals surface area contributed by atoms with Crippen LogP contribution in [0.2, 0.25) is 0 Å². The van der Waals surface area contributed by atoms with E-state index in [1.807, 2.05) is 13.8 Å². The van der Waals surface area contributed by atoms with Gasteiger partial charge in [0, 0.05) is 19.1 Å². The summed E-state index contributed by atoms with van der Waals surface area (Å²) in [6.45, 7) is 9.25. The third kappa shape index (κ3) is 5.26. The molecule has 2 saturated heterocycles. The van der Waals surface area contributed by atoms with E-state index in [1.165, 1.54) is 38.8 Å². The van der Waals surface area contributed by atoms with Crippen molar-refractivity contribution in [2.75, 3.05) is 32.8 Å². The zero-order chi connectivity index (χ0) is 19.9.